The van der Waals surface area contributed by atoms with Gasteiger partial charge in [0.25, 0.3) is 10.0 Å². The highest BCUT2D eigenvalue weighted by molar-refractivity contribution is 7.92. The minimum absolute atomic E-state index is 0.0274. The first kappa shape index (κ1) is 30.8. The smallest absolute Gasteiger partial charge is 0.264 e. The number of anilines is 1. The van der Waals surface area contributed by atoms with Gasteiger partial charge in [0.15, 0.2) is 0 Å². The molecule has 1 fully saturated rings. The van der Waals surface area contributed by atoms with E-state index in [2.05, 4.69) is 5.32 Å². The van der Waals surface area contributed by atoms with Crippen LogP contribution in [0.4, 0.5) is 10.1 Å². The van der Waals surface area contributed by atoms with Crippen LogP contribution >= 0.6 is 23.2 Å². The van der Waals surface area contributed by atoms with Crippen molar-refractivity contribution in [3.8, 4) is 0 Å². The van der Waals surface area contributed by atoms with Crippen molar-refractivity contribution in [3.63, 3.8) is 0 Å². The zero-order chi connectivity index (χ0) is 29.6. The number of amides is 2. The first-order valence-electron chi connectivity index (χ1n) is 13.5. The predicted molar refractivity (Wildman–Crippen MR) is 159 cm³/mol. The highest BCUT2D eigenvalue weighted by atomic mass is 35.5. The van der Waals surface area contributed by atoms with E-state index in [1.54, 1.807) is 25.1 Å². The second-order valence-electron chi connectivity index (χ2n) is 9.98. The number of halogens is 3. The Morgan fingerprint density at radius 3 is 2.29 bits per heavy atom. The van der Waals surface area contributed by atoms with E-state index >= 15 is 0 Å². The van der Waals surface area contributed by atoms with Gasteiger partial charge in [-0.1, -0.05) is 73.3 Å². The number of hydrogen-bond donors (Lipinski definition) is 1. The topological polar surface area (TPSA) is 86.8 Å². The number of nitrogens with one attached hydrogen (secondary N) is 1. The Hall–Kier alpha value is -3.14. The zero-order valence-electron chi connectivity index (χ0n) is 22.6. The summed E-state index contributed by atoms with van der Waals surface area (Å²) in [5, 5.41) is 3.37. The average molecular weight is 621 g/mol. The number of benzene rings is 3. The maximum absolute atomic E-state index is 14.1. The van der Waals surface area contributed by atoms with Crippen molar-refractivity contribution in [1.29, 1.82) is 0 Å². The molecule has 0 unspecified atom stereocenters. The van der Waals surface area contributed by atoms with E-state index in [4.69, 9.17) is 23.2 Å². The first-order chi connectivity index (χ1) is 19.6. The molecule has 0 aliphatic heterocycles. The van der Waals surface area contributed by atoms with Crippen molar-refractivity contribution < 1.29 is 22.4 Å². The van der Waals surface area contributed by atoms with Crippen LogP contribution in [0.2, 0.25) is 10.0 Å². The fourth-order valence-electron chi connectivity index (χ4n) is 4.98. The van der Waals surface area contributed by atoms with Crippen LogP contribution in [-0.2, 0) is 26.2 Å². The molecule has 11 heteroatoms. The Balaban J connectivity index is 1.73. The largest absolute Gasteiger partial charge is 0.352 e. The molecule has 4 rings (SSSR count). The Kier molecular flexibility index (Phi) is 10.3. The molecule has 1 saturated carbocycles. The van der Waals surface area contributed by atoms with E-state index in [0.29, 0.717) is 5.56 Å². The Morgan fingerprint density at radius 1 is 1.00 bits per heavy atom. The van der Waals surface area contributed by atoms with E-state index in [1.807, 2.05) is 0 Å². The summed E-state index contributed by atoms with van der Waals surface area (Å²) in [5.74, 6) is -1.38. The quantitative estimate of drug-likeness (QED) is 0.277. The molecule has 0 spiro atoms. The fraction of sp³-hybridized carbons (Fsp3) is 0.333. The second kappa shape index (κ2) is 13.7. The van der Waals surface area contributed by atoms with Crippen LogP contribution < -0.4 is 9.62 Å². The van der Waals surface area contributed by atoms with Gasteiger partial charge in [0.2, 0.25) is 11.8 Å². The highest BCUT2D eigenvalue weighted by Gasteiger charge is 2.35. The van der Waals surface area contributed by atoms with Crippen molar-refractivity contribution in [2.75, 3.05) is 10.8 Å². The molecule has 1 aliphatic rings. The molecule has 41 heavy (non-hydrogen) atoms. The minimum Gasteiger partial charge on any atom is -0.352 e. The summed E-state index contributed by atoms with van der Waals surface area (Å²) >= 11 is 12.7. The van der Waals surface area contributed by atoms with Gasteiger partial charge in [-0.2, -0.15) is 0 Å². The molecule has 218 valence electrons. The van der Waals surface area contributed by atoms with Crippen molar-refractivity contribution in [2.45, 2.75) is 62.6 Å². The van der Waals surface area contributed by atoms with Gasteiger partial charge >= 0.3 is 0 Å². The summed E-state index contributed by atoms with van der Waals surface area (Å²) in [7, 11) is -4.28. The Bertz CT molecular complexity index is 1470. The van der Waals surface area contributed by atoms with Gasteiger partial charge in [0.1, 0.15) is 18.4 Å². The monoisotopic (exact) mass is 619 g/mol. The lowest BCUT2D eigenvalue weighted by atomic mass is 10.1. The Morgan fingerprint density at radius 2 is 1.66 bits per heavy atom. The van der Waals surface area contributed by atoms with Gasteiger partial charge in [0, 0.05) is 17.6 Å². The van der Waals surface area contributed by atoms with Gasteiger partial charge in [-0.05, 0) is 67.3 Å². The van der Waals surface area contributed by atoms with Crippen LogP contribution in [0.5, 0.6) is 0 Å². The summed E-state index contributed by atoms with van der Waals surface area (Å²) in [6.07, 6.45) is 4.06. The lowest BCUT2D eigenvalue weighted by Crippen LogP contribution is -2.53. The van der Waals surface area contributed by atoms with Gasteiger partial charge in [-0.25, -0.2) is 12.8 Å². The molecule has 1 atom stereocenters. The molecule has 1 N–H and O–H groups in total. The molecule has 0 radical (unpaired) electrons. The zero-order valence-corrected chi connectivity index (χ0v) is 24.9. The van der Waals surface area contributed by atoms with Crippen molar-refractivity contribution in [3.05, 3.63) is 94.2 Å². The standard InChI is InChI=1S/C30H32Cl2FN3O4S/c1-2-27(30(38)34-24-8-6-7-9-24)35(19-21-12-15-23(33)16-13-21)29(37)20-36(28-18-22(31)14-17-26(28)32)41(39,40)25-10-4-3-5-11-25/h3-5,10-18,24,27H,2,6-9,19-20H2,1H3,(H,34,38)/t27-/m1/s1. The highest BCUT2D eigenvalue weighted by Crippen LogP contribution is 2.33. The maximum atomic E-state index is 14.1. The van der Waals surface area contributed by atoms with Crippen LogP contribution in [0.3, 0.4) is 0 Å². The summed E-state index contributed by atoms with van der Waals surface area (Å²) < 4.78 is 42.3. The molecule has 0 aromatic heterocycles. The molecular weight excluding hydrogens is 588 g/mol. The molecule has 3 aromatic rings. The number of nitrogens with zero attached hydrogens (tertiary/aromatic N) is 2. The predicted octanol–water partition coefficient (Wildman–Crippen LogP) is 6.19. The lowest BCUT2D eigenvalue weighted by molar-refractivity contribution is -0.140. The number of rotatable bonds is 11. The van der Waals surface area contributed by atoms with Gasteiger partial charge < -0.3 is 10.2 Å². The minimum atomic E-state index is -4.28. The average Bonchev–Trinajstić information content (AvgIpc) is 3.47. The molecule has 1 aliphatic carbocycles. The summed E-state index contributed by atoms with van der Waals surface area (Å²) in [6.45, 7) is 1.11. The van der Waals surface area contributed by atoms with E-state index < -0.39 is 34.3 Å². The van der Waals surface area contributed by atoms with E-state index in [1.165, 1.54) is 59.5 Å². The maximum Gasteiger partial charge on any atom is 0.264 e. The van der Waals surface area contributed by atoms with Crippen LogP contribution in [-0.4, -0.2) is 43.8 Å². The third kappa shape index (κ3) is 7.58. The normalized spacial score (nSPS) is 14.4. The number of sulfonamides is 1. The molecule has 2 amide bonds. The van der Waals surface area contributed by atoms with Crippen LogP contribution in [0.15, 0.2) is 77.7 Å². The lowest BCUT2D eigenvalue weighted by Gasteiger charge is -2.34. The summed E-state index contributed by atoms with van der Waals surface area (Å²) in [4.78, 5) is 28.9. The molecule has 0 heterocycles. The molecule has 0 saturated heterocycles. The SMILES string of the molecule is CC[C@H](C(=O)NC1CCCC1)N(Cc1ccc(F)cc1)C(=O)CN(c1cc(Cl)ccc1Cl)S(=O)(=O)c1ccccc1. The molecule has 3 aromatic carbocycles. The van der Waals surface area contributed by atoms with Crippen LogP contribution in [0, 0.1) is 5.82 Å². The molecule has 0 bridgehead atoms. The van der Waals surface area contributed by atoms with E-state index in [0.717, 1.165) is 30.0 Å². The fourth-order valence-corrected chi connectivity index (χ4v) is 6.87. The van der Waals surface area contributed by atoms with Crippen molar-refractivity contribution in [2.24, 2.45) is 0 Å². The van der Waals surface area contributed by atoms with Crippen LogP contribution in [0.1, 0.15) is 44.6 Å². The number of carbonyl (C=O) groups excluding carboxylic acids is 2. The third-order valence-electron chi connectivity index (χ3n) is 7.14. The van der Waals surface area contributed by atoms with Crippen molar-refractivity contribution >= 4 is 50.7 Å². The van der Waals surface area contributed by atoms with E-state index in [9.17, 15) is 22.4 Å². The first-order valence-corrected chi connectivity index (χ1v) is 15.7. The van der Waals surface area contributed by atoms with Crippen LogP contribution in [0.25, 0.3) is 0 Å². The second-order valence-corrected chi connectivity index (χ2v) is 12.7. The summed E-state index contributed by atoms with van der Waals surface area (Å²) in [6, 6.07) is 16.8. The molecular formula is C30H32Cl2FN3O4S. The Labute approximate surface area is 250 Å². The van der Waals surface area contributed by atoms with Gasteiger partial charge in [0.05, 0.1) is 15.6 Å². The molecule has 7 nitrogen and oxygen atoms in total. The number of hydrogen-bond acceptors (Lipinski definition) is 4. The summed E-state index contributed by atoms with van der Waals surface area (Å²) in [5.41, 5.74) is 0.617. The van der Waals surface area contributed by atoms with Crippen molar-refractivity contribution in [1.82, 2.24) is 10.2 Å². The number of carbonyl (C=O) groups is 2. The van der Waals surface area contributed by atoms with Gasteiger partial charge in [-0.3, -0.25) is 13.9 Å². The van der Waals surface area contributed by atoms with Gasteiger partial charge in [-0.15, -0.1) is 0 Å². The third-order valence-corrected chi connectivity index (χ3v) is 9.47. The van der Waals surface area contributed by atoms with E-state index in [-0.39, 0.29) is 45.5 Å².